The third-order valence-corrected chi connectivity index (χ3v) is 0.167. The zero-order valence-corrected chi connectivity index (χ0v) is 5.98. The van der Waals surface area contributed by atoms with Crippen LogP contribution >= 0.6 is 0 Å². The van der Waals surface area contributed by atoms with Crippen LogP contribution in [0, 0.1) is 13.8 Å². The van der Waals surface area contributed by atoms with Gasteiger partial charge >= 0.3 is 0 Å². The van der Waals surface area contributed by atoms with E-state index >= 15 is 0 Å². The standard InChI is InChI=1S/C4H6.Y/c1-3-4-2;/h3-4H,1-2H2;/q-2;/b4-3-;. The Balaban J connectivity index is 0. The summed E-state index contributed by atoms with van der Waals surface area (Å²) in [5, 5.41) is 0. The van der Waals surface area contributed by atoms with Gasteiger partial charge in [0.05, 0.1) is 0 Å². The van der Waals surface area contributed by atoms with Crippen LogP contribution in [0.2, 0.25) is 0 Å². The van der Waals surface area contributed by atoms with Gasteiger partial charge < -0.3 is 26.0 Å². The van der Waals surface area contributed by atoms with Crippen molar-refractivity contribution >= 4 is 0 Å². The summed E-state index contributed by atoms with van der Waals surface area (Å²) < 4.78 is 0. The topological polar surface area (TPSA) is 0 Å². The van der Waals surface area contributed by atoms with Gasteiger partial charge in [0.25, 0.3) is 0 Å². The summed E-state index contributed by atoms with van der Waals surface area (Å²) in [6.45, 7) is 6.72. The molecule has 0 nitrogen and oxygen atoms in total. The molecule has 0 aliphatic carbocycles. The van der Waals surface area contributed by atoms with E-state index < -0.39 is 0 Å². The smallest absolute Gasteiger partial charge is 0 e. The predicted octanol–water partition coefficient (Wildman–Crippen LogP) is 1.21. The second kappa shape index (κ2) is 8.82. The first kappa shape index (κ1) is 9.13. The molecule has 27 valence electrons. The van der Waals surface area contributed by atoms with E-state index in [-0.39, 0.29) is 32.7 Å². The number of hydrogen-bond donors (Lipinski definition) is 0. The Hall–Kier alpha value is 0.584. The van der Waals surface area contributed by atoms with E-state index in [1.807, 2.05) is 0 Å². The second-order valence-corrected chi connectivity index (χ2v) is 0.471. The van der Waals surface area contributed by atoms with Gasteiger partial charge in [-0.3, -0.25) is 0 Å². The van der Waals surface area contributed by atoms with E-state index in [4.69, 9.17) is 0 Å². The minimum absolute atomic E-state index is 0. The van der Waals surface area contributed by atoms with Crippen molar-refractivity contribution in [2.45, 2.75) is 0 Å². The summed E-state index contributed by atoms with van der Waals surface area (Å²) in [6.07, 6.45) is 3.28. The summed E-state index contributed by atoms with van der Waals surface area (Å²) in [4.78, 5) is 0. The molecule has 0 bridgehead atoms. The Labute approximate surface area is 58.5 Å². The molecule has 0 saturated heterocycles. The molecule has 5 heavy (non-hydrogen) atoms. The maximum atomic E-state index is 3.36. The molecule has 0 rings (SSSR count). The molecule has 0 aromatic heterocycles. The monoisotopic (exact) mass is 143 g/mol. The van der Waals surface area contributed by atoms with Crippen molar-refractivity contribution in [3.05, 3.63) is 26.0 Å². The van der Waals surface area contributed by atoms with E-state index in [1.54, 1.807) is 12.2 Å². The first-order chi connectivity index (χ1) is 1.91. The Morgan fingerprint density at radius 2 is 1.20 bits per heavy atom. The zero-order chi connectivity index (χ0) is 3.41. The number of rotatable bonds is 0. The van der Waals surface area contributed by atoms with Crippen LogP contribution in [0.15, 0.2) is 12.2 Å². The Morgan fingerprint density at radius 1 is 1.00 bits per heavy atom. The van der Waals surface area contributed by atoms with Crippen LogP contribution < -0.4 is 0 Å². The average Bonchev–Trinajstić information content (AvgIpc) is 1.37. The second-order valence-electron chi connectivity index (χ2n) is 0.471. The molecule has 0 aliphatic rings. The summed E-state index contributed by atoms with van der Waals surface area (Å²) in [6, 6.07) is 0. The van der Waals surface area contributed by atoms with Gasteiger partial charge in [0.1, 0.15) is 0 Å². The van der Waals surface area contributed by atoms with E-state index in [1.165, 1.54) is 0 Å². The minimum atomic E-state index is 0. The Morgan fingerprint density at radius 3 is 1.20 bits per heavy atom. The third kappa shape index (κ3) is 12.2. The van der Waals surface area contributed by atoms with E-state index in [2.05, 4.69) is 13.8 Å². The van der Waals surface area contributed by atoms with E-state index in [0.717, 1.165) is 0 Å². The van der Waals surface area contributed by atoms with Gasteiger partial charge in [0.15, 0.2) is 0 Å². The molecule has 0 N–H and O–H groups in total. The zero-order valence-electron chi connectivity index (χ0n) is 3.15. The van der Waals surface area contributed by atoms with Crippen molar-refractivity contribution < 1.29 is 32.7 Å². The molecule has 0 unspecified atom stereocenters. The molecule has 0 heterocycles. The van der Waals surface area contributed by atoms with Crippen LogP contribution in [0.3, 0.4) is 0 Å². The predicted molar refractivity (Wildman–Crippen MR) is 19.9 cm³/mol. The summed E-state index contributed by atoms with van der Waals surface area (Å²) >= 11 is 0. The van der Waals surface area contributed by atoms with Gasteiger partial charge in [-0.15, -0.1) is 0 Å². The molecule has 0 saturated carbocycles. The molecular weight excluding hydrogens is 137 g/mol. The minimum Gasteiger partial charge on any atom is -0.382 e. The van der Waals surface area contributed by atoms with Crippen molar-refractivity contribution in [1.29, 1.82) is 0 Å². The summed E-state index contributed by atoms with van der Waals surface area (Å²) in [5.74, 6) is 0. The number of allylic oxidation sites excluding steroid dienone is 2. The van der Waals surface area contributed by atoms with Crippen molar-refractivity contribution in [3.63, 3.8) is 0 Å². The Bertz CT molecular complexity index is 18.8. The maximum absolute atomic E-state index is 3.36. The van der Waals surface area contributed by atoms with Crippen LogP contribution in [0.25, 0.3) is 0 Å². The van der Waals surface area contributed by atoms with Crippen LogP contribution in [-0.2, 0) is 32.7 Å². The molecule has 0 aromatic carbocycles. The molecule has 0 aromatic rings. The SMILES string of the molecule is [CH2-]/C=C\[CH2-].[Y]. The van der Waals surface area contributed by atoms with Crippen LogP contribution in [0.1, 0.15) is 0 Å². The summed E-state index contributed by atoms with van der Waals surface area (Å²) in [7, 11) is 0. The van der Waals surface area contributed by atoms with Crippen molar-refractivity contribution in [1.82, 2.24) is 0 Å². The van der Waals surface area contributed by atoms with Gasteiger partial charge in [0.2, 0.25) is 0 Å². The fourth-order valence-corrected chi connectivity index (χ4v) is 0. The van der Waals surface area contributed by atoms with Crippen LogP contribution in [0.4, 0.5) is 0 Å². The van der Waals surface area contributed by atoms with Gasteiger partial charge in [-0.2, -0.15) is 0 Å². The van der Waals surface area contributed by atoms with Gasteiger partial charge in [-0.1, -0.05) is 0 Å². The first-order valence-corrected chi connectivity index (χ1v) is 1.15. The molecule has 1 radical (unpaired) electrons. The first-order valence-electron chi connectivity index (χ1n) is 1.15. The van der Waals surface area contributed by atoms with E-state index in [9.17, 15) is 0 Å². The maximum Gasteiger partial charge on any atom is 0 e. The van der Waals surface area contributed by atoms with Crippen LogP contribution in [0.5, 0.6) is 0 Å². The van der Waals surface area contributed by atoms with Gasteiger partial charge in [-0.05, 0) is 0 Å². The fourth-order valence-electron chi connectivity index (χ4n) is 0. The van der Waals surface area contributed by atoms with Crippen molar-refractivity contribution in [2.75, 3.05) is 0 Å². The fraction of sp³-hybridized carbons (Fsp3) is 0. The summed E-state index contributed by atoms with van der Waals surface area (Å²) in [5.41, 5.74) is 0. The third-order valence-electron chi connectivity index (χ3n) is 0.167. The van der Waals surface area contributed by atoms with Crippen molar-refractivity contribution in [3.8, 4) is 0 Å². The number of hydrogen-bond acceptors (Lipinski definition) is 0. The molecule has 0 aliphatic heterocycles. The molecule has 0 fully saturated rings. The quantitative estimate of drug-likeness (QED) is 0.447. The molecular formula is C4H6Y-2. The largest absolute Gasteiger partial charge is 0.382 e. The van der Waals surface area contributed by atoms with E-state index in [0.29, 0.717) is 0 Å². The normalized spacial score (nSPS) is 7.20. The molecule has 0 spiro atoms. The molecule has 0 amide bonds. The van der Waals surface area contributed by atoms with Crippen molar-refractivity contribution in [2.24, 2.45) is 0 Å². The Kier molecular flexibility index (Phi) is 16.1. The van der Waals surface area contributed by atoms with Gasteiger partial charge in [-0.25, -0.2) is 0 Å². The van der Waals surface area contributed by atoms with Gasteiger partial charge in [0, 0.05) is 32.7 Å². The molecule has 1 heteroatoms. The van der Waals surface area contributed by atoms with Crippen LogP contribution in [-0.4, -0.2) is 0 Å². The molecule has 0 atom stereocenters. The average molecular weight is 143 g/mol.